The average Bonchev–Trinajstić information content (AvgIpc) is 2.07. The molecule has 0 N–H and O–H groups in total. The number of ether oxygens (including phenoxy) is 2. The number of hydrogen-bond donors (Lipinski definition) is 0. The highest BCUT2D eigenvalue weighted by Crippen LogP contribution is 2.38. The minimum absolute atomic E-state index is 0.203. The van der Waals surface area contributed by atoms with Gasteiger partial charge in [-0.2, -0.15) is 0 Å². The molecule has 0 fully saturated rings. The highest BCUT2D eigenvalue weighted by Gasteiger charge is 2.31. The van der Waals surface area contributed by atoms with Crippen molar-refractivity contribution in [1.82, 2.24) is 0 Å². The summed E-state index contributed by atoms with van der Waals surface area (Å²) in [5, 5.41) is 0. The third-order valence-electron chi connectivity index (χ3n) is 1.79. The van der Waals surface area contributed by atoms with Crippen LogP contribution in [-0.2, 0) is 0 Å². The van der Waals surface area contributed by atoms with Gasteiger partial charge in [0.15, 0.2) is 27.6 Å². The number of fused-ring (bicyclic) bond motifs is 1. The normalized spacial score (nSPS) is 24.9. The quantitative estimate of drug-likeness (QED) is 0.671. The van der Waals surface area contributed by atoms with Crippen LogP contribution in [0.4, 0.5) is 8.78 Å². The molecule has 5 heteroatoms. The molecule has 0 saturated heterocycles. The lowest BCUT2D eigenvalue weighted by atomic mass is 10.2. The number of hydrogen-bond acceptors (Lipinski definition) is 2. The lowest BCUT2D eigenvalue weighted by molar-refractivity contribution is 0.0820. The summed E-state index contributed by atoms with van der Waals surface area (Å²) in [5.41, 5.74) is 0. The number of rotatable bonds is 0. The summed E-state index contributed by atoms with van der Waals surface area (Å²) < 4.78 is 35.5. The first kappa shape index (κ1) is 9.71. The molecule has 1 aliphatic heterocycles. The van der Waals surface area contributed by atoms with Gasteiger partial charge in [-0.25, -0.2) is 8.78 Å². The third kappa shape index (κ3) is 1.68. The fraction of sp³-hybridized carbons (Fsp3) is 0.333. The van der Waals surface area contributed by atoms with E-state index in [0.29, 0.717) is 0 Å². The smallest absolute Gasteiger partial charge is 0.194 e. The second-order valence-electron chi connectivity index (χ2n) is 3.21. The van der Waals surface area contributed by atoms with Crippen molar-refractivity contribution in [3.8, 4) is 11.5 Å². The van der Waals surface area contributed by atoms with E-state index in [9.17, 15) is 8.78 Å². The van der Waals surface area contributed by atoms with Crippen molar-refractivity contribution < 1.29 is 18.3 Å². The van der Waals surface area contributed by atoms with Gasteiger partial charge in [-0.1, -0.05) is 0 Å². The minimum Gasteiger partial charge on any atom is -0.484 e. The first-order valence-electron chi connectivity index (χ1n) is 3.98. The van der Waals surface area contributed by atoms with Crippen LogP contribution in [0.3, 0.4) is 0 Å². The summed E-state index contributed by atoms with van der Waals surface area (Å²) in [6, 6.07) is 1.95. The van der Waals surface area contributed by atoms with Crippen LogP contribution >= 0.6 is 15.9 Å². The van der Waals surface area contributed by atoms with Gasteiger partial charge in [0.25, 0.3) is 0 Å². The van der Waals surface area contributed by atoms with E-state index in [1.165, 1.54) is 0 Å². The van der Waals surface area contributed by atoms with E-state index in [-0.39, 0.29) is 18.1 Å². The Labute approximate surface area is 87.9 Å². The summed E-state index contributed by atoms with van der Waals surface area (Å²) in [5.74, 6) is -1.46. The Bertz CT molecular complexity index is 379. The Balaban J connectivity index is 2.43. The average molecular weight is 265 g/mol. The van der Waals surface area contributed by atoms with Gasteiger partial charge in [0.1, 0.15) is 6.61 Å². The molecule has 2 rings (SSSR count). The molecule has 1 aromatic rings. The summed E-state index contributed by atoms with van der Waals surface area (Å²) in [6.07, 6.45) is 0. The van der Waals surface area contributed by atoms with Crippen molar-refractivity contribution in [2.45, 2.75) is 11.4 Å². The van der Waals surface area contributed by atoms with Gasteiger partial charge in [0.2, 0.25) is 0 Å². The van der Waals surface area contributed by atoms with Crippen molar-refractivity contribution in [2.75, 3.05) is 6.61 Å². The van der Waals surface area contributed by atoms with Gasteiger partial charge < -0.3 is 9.47 Å². The van der Waals surface area contributed by atoms with Crippen molar-refractivity contribution in [1.29, 1.82) is 0 Å². The molecular weight excluding hydrogens is 258 g/mol. The molecule has 0 aliphatic carbocycles. The van der Waals surface area contributed by atoms with E-state index < -0.39 is 16.1 Å². The summed E-state index contributed by atoms with van der Waals surface area (Å²) in [6.45, 7) is 1.97. The first-order chi connectivity index (χ1) is 6.48. The molecule has 0 unspecified atom stereocenters. The van der Waals surface area contributed by atoms with Crippen molar-refractivity contribution >= 4 is 15.9 Å². The predicted octanol–water partition coefficient (Wildman–Crippen LogP) is 2.85. The van der Waals surface area contributed by atoms with Crippen molar-refractivity contribution in [3.05, 3.63) is 23.8 Å². The van der Waals surface area contributed by atoms with E-state index in [1.807, 2.05) is 0 Å². The monoisotopic (exact) mass is 264 g/mol. The molecule has 0 bridgehead atoms. The third-order valence-corrected chi connectivity index (χ3v) is 2.19. The lowest BCUT2D eigenvalue weighted by Crippen LogP contribution is -2.35. The predicted molar refractivity (Wildman–Crippen MR) is 49.8 cm³/mol. The van der Waals surface area contributed by atoms with E-state index in [0.717, 1.165) is 12.1 Å². The second-order valence-corrected chi connectivity index (χ2v) is 4.88. The van der Waals surface area contributed by atoms with Crippen LogP contribution in [0, 0.1) is 11.6 Å². The molecule has 1 heterocycles. The molecule has 1 atom stereocenters. The summed E-state index contributed by atoms with van der Waals surface area (Å²) >= 11 is 3.24. The van der Waals surface area contributed by atoms with Gasteiger partial charge in [-0.15, -0.1) is 0 Å². The molecule has 0 amide bonds. The van der Waals surface area contributed by atoms with Crippen LogP contribution in [0.1, 0.15) is 6.92 Å². The number of benzene rings is 1. The molecule has 1 aromatic carbocycles. The molecule has 14 heavy (non-hydrogen) atoms. The Morgan fingerprint density at radius 1 is 1.29 bits per heavy atom. The maximum absolute atomic E-state index is 12.8. The van der Waals surface area contributed by atoms with Crippen LogP contribution in [0.5, 0.6) is 11.5 Å². The fourth-order valence-corrected chi connectivity index (χ4v) is 1.46. The Hall–Kier alpha value is -0.840. The fourth-order valence-electron chi connectivity index (χ4n) is 1.17. The van der Waals surface area contributed by atoms with E-state index in [4.69, 9.17) is 9.47 Å². The van der Waals surface area contributed by atoms with E-state index in [1.54, 1.807) is 6.92 Å². The van der Waals surface area contributed by atoms with Crippen molar-refractivity contribution in [3.63, 3.8) is 0 Å². The van der Waals surface area contributed by atoms with Crippen LogP contribution in [0.15, 0.2) is 12.1 Å². The van der Waals surface area contributed by atoms with Crippen molar-refractivity contribution in [2.24, 2.45) is 0 Å². The maximum atomic E-state index is 12.8. The maximum Gasteiger partial charge on any atom is 0.194 e. The molecule has 0 radical (unpaired) electrons. The van der Waals surface area contributed by atoms with Crippen LogP contribution < -0.4 is 9.47 Å². The Kier molecular flexibility index (Phi) is 2.14. The number of halogens is 3. The molecule has 76 valence electrons. The largest absolute Gasteiger partial charge is 0.484 e. The molecule has 2 nitrogen and oxygen atoms in total. The molecule has 1 aliphatic rings. The Morgan fingerprint density at radius 3 is 2.50 bits per heavy atom. The standard InChI is InChI=1S/C9H7BrF2O2/c1-9(10)4-13-7-2-5(11)6(12)3-8(7)14-9/h2-3H,4H2,1H3/t9-/m1/s1. The van der Waals surface area contributed by atoms with Crippen LogP contribution in [-0.4, -0.2) is 11.1 Å². The van der Waals surface area contributed by atoms with Crippen LogP contribution in [0.25, 0.3) is 0 Å². The summed E-state index contributed by atoms with van der Waals surface area (Å²) in [4.78, 5) is 0. The molecule has 0 aromatic heterocycles. The van der Waals surface area contributed by atoms with Gasteiger partial charge in [0.05, 0.1) is 0 Å². The highest BCUT2D eigenvalue weighted by atomic mass is 79.9. The second kappa shape index (κ2) is 3.08. The zero-order chi connectivity index (χ0) is 10.3. The molecular formula is C9H7BrF2O2. The molecule has 0 saturated carbocycles. The lowest BCUT2D eigenvalue weighted by Gasteiger charge is -2.30. The zero-order valence-electron chi connectivity index (χ0n) is 7.31. The summed E-state index contributed by atoms with van der Waals surface area (Å²) in [7, 11) is 0. The van der Waals surface area contributed by atoms with Gasteiger partial charge in [-0.3, -0.25) is 0 Å². The molecule has 0 spiro atoms. The topological polar surface area (TPSA) is 18.5 Å². The SMILES string of the molecule is C[C@]1(Br)COc2cc(F)c(F)cc2O1. The minimum atomic E-state index is -0.947. The van der Waals surface area contributed by atoms with Gasteiger partial charge in [-0.05, 0) is 22.9 Å². The Morgan fingerprint density at radius 2 is 1.86 bits per heavy atom. The van der Waals surface area contributed by atoms with Gasteiger partial charge in [0, 0.05) is 12.1 Å². The van der Waals surface area contributed by atoms with E-state index >= 15 is 0 Å². The zero-order valence-corrected chi connectivity index (χ0v) is 8.90. The number of alkyl halides is 1. The highest BCUT2D eigenvalue weighted by molar-refractivity contribution is 9.10. The first-order valence-corrected chi connectivity index (χ1v) is 4.77. The van der Waals surface area contributed by atoms with Gasteiger partial charge >= 0.3 is 0 Å². The van der Waals surface area contributed by atoms with Crippen LogP contribution in [0.2, 0.25) is 0 Å². The van der Waals surface area contributed by atoms with E-state index in [2.05, 4.69) is 15.9 Å².